The molecule has 0 atom stereocenters. The molecule has 168 valence electrons. The molecule has 1 amide bonds. The molecule has 0 N–H and O–H groups in total. The van der Waals surface area contributed by atoms with E-state index in [2.05, 4.69) is 13.0 Å². The minimum Gasteiger partial charge on any atom is -0.467 e. The van der Waals surface area contributed by atoms with Crippen LogP contribution in [0.1, 0.15) is 35.5 Å². The highest BCUT2D eigenvalue weighted by molar-refractivity contribution is 8.18. The van der Waals surface area contributed by atoms with Crippen LogP contribution in [0.15, 0.2) is 87.4 Å². The van der Waals surface area contributed by atoms with Gasteiger partial charge in [-0.05, 0) is 61.0 Å². The zero-order valence-electron chi connectivity index (χ0n) is 18.8. The van der Waals surface area contributed by atoms with Gasteiger partial charge >= 0.3 is 0 Å². The fourth-order valence-electron chi connectivity index (χ4n) is 3.58. The average molecular weight is 460 g/mol. The molecule has 33 heavy (non-hydrogen) atoms. The van der Waals surface area contributed by atoms with Crippen molar-refractivity contribution in [2.45, 2.75) is 26.8 Å². The molecule has 1 fully saturated rings. The summed E-state index contributed by atoms with van der Waals surface area (Å²) in [7, 11) is 1.94. The summed E-state index contributed by atoms with van der Waals surface area (Å²) in [6.45, 7) is 3.91. The van der Waals surface area contributed by atoms with Crippen LogP contribution < -0.4 is 4.90 Å². The smallest absolute Gasteiger partial charge is 0.268 e. The normalized spacial score (nSPS) is 16.1. The van der Waals surface area contributed by atoms with Crippen molar-refractivity contribution in [3.05, 3.63) is 94.9 Å². The lowest BCUT2D eigenvalue weighted by Crippen LogP contribution is -2.28. The van der Waals surface area contributed by atoms with E-state index in [1.54, 1.807) is 35.4 Å². The number of thioether (sulfide) groups is 1. The molecule has 0 bridgehead atoms. The minimum absolute atomic E-state index is 0.0311. The van der Waals surface area contributed by atoms with Gasteiger partial charge in [-0.25, -0.2) is 4.99 Å². The first-order valence-electron chi connectivity index (χ1n) is 10.7. The van der Waals surface area contributed by atoms with E-state index in [9.17, 15) is 9.59 Å². The number of amides is 1. The summed E-state index contributed by atoms with van der Waals surface area (Å²) in [5, 5.41) is 0.542. The minimum atomic E-state index is -0.140. The third kappa shape index (κ3) is 5.09. The first-order chi connectivity index (χ1) is 16.0. The van der Waals surface area contributed by atoms with E-state index in [0.717, 1.165) is 12.1 Å². The Balaban J connectivity index is 1.69. The Bertz CT molecular complexity index is 1230. The SMILES string of the molecule is CCc1ccccc1N(C)/C=C1\SC(=Nc2cccc(C(C)=O)c2)N(Cc2ccco2)C1=O. The number of hydrogen-bond acceptors (Lipinski definition) is 6. The fraction of sp³-hybridized carbons (Fsp3) is 0.192. The molecule has 1 aromatic heterocycles. The lowest BCUT2D eigenvalue weighted by molar-refractivity contribution is -0.122. The number of ketones is 1. The van der Waals surface area contributed by atoms with Crippen LogP contribution in [0.25, 0.3) is 0 Å². The van der Waals surface area contributed by atoms with E-state index in [-0.39, 0.29) is 18.2 Å². The Labute approximate surface area is 197 Å². The van der Waals surface area contributed by atoms with Crippen molar-refractivity contribution in [1.29, 1.82) is 0 Å². The van der Waals surface area contributed by atoms with Crippen molar-refractivity contribution in [2.24, 2.45) is 4.99 Å². The standard InChI is InChI=1S/C26H25N3O3S/c1-4-19-9-5-6-13-23(19)28(3)17-24-25(31)29(16-22-12-8-14-32-22)26(33-24)27-21-11-7-10-20(15-21)18(2)30/h5-15,17H,4,16H2,1-3H3/b24-17-,27-26?. The topological polar surface area (TPSA) is 66.1 Å². The summed E-state index contributed by atoms with van der Waals surface area (Å²) in [5.41, 5.74) is 3.46. The number of carbonyl (C=O) groups is 2. The van der Waals surface area contributed by atoms with Crippen LogP contribution in [-0.4, -0.2) is 28.8 Å². The van der Waals surface area contributed by atoms with E-state index in [1.165, 1.54) is 24.2 Å². The van der Waals surface area contributed by atoms with Crippen molar-refractivity contribution in [3.63, 3.8) is 0 Å². The summed E-state index contributed by atoms with van der Waals surface area (Å²) >= 11 is 1.31. The molecule has 2 aromatic carbocycles. The molecule has 2 heterocycles. The molecule has 0 unspecified atom stereocenters. The number of benzene rings is 2. The van der Waals surface area contributed by atoms with Gasteiger partial charge in [0.15, 0.2) is 11.0 Å². The third-order valence-electron chi connectivity index (χ3n) is 5.32. The number of aliphatic imine (C=N–C) groups is 1. The van der Waals surface area contributed by atoms with E-state index >= 15 is 0 Å². The van der Waals surface area contributed by atoms with Gasteiger partial charge in [0.1, 0.15) is 5.76 Å². The number of anilines is 1. The molecule has 7 heteroatoms. The maximum absolute atomic E-state index is 13.4. The van der Waals surface area contributed by atoms with Crippen LogP contribution in [0.4, 0.5) is 11.4 Å². The second kappa shape index (κ2) is 9.92. The summed E-state index contributed by atoms with van der Waals surface area (Å²) in [6.07, 6.45) is 4.34. The van der Waals surface area contributed by atoms with Gasteiger partial charge in [0.2, 0.25) is 0 Å². The maximum atomic E-state index is 13.4. The number of nitrogens with zero attached hydrogens (tertiary/aromatic N) is 3. The number of aryl methyl sites for hydroxylation is 1. The molecule has 6 nitrogen and oxygen atoms in total. The lowest BCUT2D eigenvalue weighted by Gasteiger charge is -2.18. The summed E-state index contributed by atoms with van der Waals surface area (Å²) < 4.78 is 5.48. The third-order valence-corrected chi connectivity index (χ3v) is 6.32. The van der Waals surface area contributed by atoms with E-state index < -0.39 is 0 Å². The molecule has 0 radical (unpaired) electrons. The predicted octanol–water partition coefficient (Wildman–Crippen LogP) is 5.79. The van der Waals surface area contributed by atoms with E-state index in [0.29, 0.717) is 27.1 Å². The van der Waals surface area contributed by atoms with Crippen molar-refractivity contribution in [3.8, 4) is 0 Å². The fourth-order valence-corrected chi connectivity index (χ4v) is 4.60. The van der Waals surface area contributed by atoms with Crippen molar-refractivity contribution < 1.29 is 14.0 Å². The van der Waals surface area contributed by atoms with Gasteiger partial charge < -0.3 is 9.32 Å². The average Bonchev–Trinajstić information content (AvgIpc) is 3.43. The molecule has 4 rings (SSSR count). The van der Waals surface area contributed by atoms with Gasteiger partial charge in [-0.1, -0.05) is 37.3 Å². The number of rotatable bonds is 7. The van der Waals surface area contributed by atoms with Gasteiger partial charge in [-0.15, -0.1) is 0 Å². The van der Waals surface area contributed by atoms with Crippen LogP contribution >= 0.6 is 11.8 Å². The molecular weight excluding hydrogens is 434 g/mol. The van der Waals surface area contributed by atoms with Crippen molar-refractivity contribution in [1.82, 2.24) is 4.90 Å². The van der Waals surface area contributed by atoms with Crippen LogP contribution in [0.2, 0.25) is 0 Å². The Morgan fingerprint density at radius 1 is 1.15 bits per heavy atom. The Hall–Kier alpha value is -3.58. The Morgan fingerprint density at radius 3 is 2.70 bits per heavy atom. The summed E-state index contributed by atoms with van der Waals surface area (Å²) in [5.74, 6) is 0.496. The second-order valence-electron chi connectivity index (χ2n) is 7.66. The molecular formula is C26H25N3O3S. The number of para-hydroxylation sites is 1. The zero-order chi connectivity index (χ0) is 23.4. The molecule has 1 aliphatic rings. The predicted molar refractivity (Wildman–Crippen MR) is 133 cm³/mol. The van der Waals surface area contributed by atoms with Crippen molar-refractivity contribution in [2.75, 3.05) is 11.9 Å². The molecule has 1 saturated heterocycles. The monoisotopic (exact) mass is 459 g/mol. The number of carbonyl (C=O) groups excluding carboxylic acids is 2. The highest BCUT2D eigenvalue weighted by Gasteiger charge is 2.34. The first-order valence-corrected chi connectivity index (χ1v) is 11.5. The van der Waals surface area contributed by atoms with Crippen LogP contribution in [0.5, 0.6) is 0 Å². The van der Waals surface area contributed by atoms with E-state index in [1.807, 2.05) is 48.5 Å². The van der Waals surface area contributed by atoms with Gasteiger partial charge in [-0.2, -0.15) is 0 Å². The largest absolute Gasteiger partial charge is 0.467 e. The molecule has 0 saturated carbocycles. The lowest BCUT2D eigenvalue weighted by atomic mass is 10.1. The first kappa shape index (κ1) is 22.6. The van der Waals surface area contributed by atoms with Gasteiger partial charge in [-0.3, -0.25) is 14.5 Å². The Kier molecular flexibility index (Phi) is 6.79. The number of amidine groups is 1. The van der Waals surface area contributed by atoms with Gasteiger partial charge in [0, 0.05) is 24.5 Å². The van der Waals surface area contributed by atoms with Crippen LogP contribution in [0, 0.1) is 0 Å². The summed E-state index contributed by atoms with van der Waals surface area (Å²) in [4.78, 5) is 34.0. The highest BCUT2D eigenvalue weighted by Crippen LogP contribution is 2.35. The molecule has 0 spiro atoms. The van der Waals surface area contributed by atoms with Gasteiger partial charge in [0.05, 0.1) is 23.4 Å². The van der Waals surface area contributed by atoms with Crippen LogP contribution in [-0.2, 0) is 17.8 Å². The molecule has 1 aliphatic heterocycles. The van der Waals surface area contributed by atoms with Crippen molar-refractivity contribution >= 4 is 40.0 Å². The Morgan fingerprint density at radius 2 is 1.97 bits per heavy atom. The molecule has 0 aliphatic carbocycles. The van der Waals surface area contributed by atoms with Gasteiger partial charge in [0.25, 0.3) is 5.91 Å². The quantitative estimate of drug-likeness (QED) is 0.331. The highest BCUT2D eigenvalue weighted by atomic mass is 32.2. The zero-order valence-corrected chi connectivity index (χ0v) is 19.6. The molecule has 3 aromatic rings. The van der Waals surface area contributed by atoms with Crippen LogP contribution in [0.3, 0.4) is 0 Å². The number of furan rings is 1. The van der Waals surface area contributed by atoms with E-state index in [4.69, 9.17) is 9.41 Å². The number of Topliss-reactive ketones (excluding diaryl/α,β-unsaturated/α-hetero) is 1. The maximum Gasteiger partial charge on any atom is 0.268 e. The summed E-state index contributed by atoms with van der Waals surface area (Å²) in [6, 6.07) is 18.9. The second-order valence-corrected chi connectivity index (χ2v) is 8.67. The number of hydrogen-bond donors (Lipinski definition) is 0.